The van der Waals surface area contributed by atoms with E-state index < -0.39 is 35.7 Å². The topological polar surface area (TPSA) is 95.9 Å². The van der Waals surface area contributed by atoms with E-state index in [2.05, 4.69) is 5.32 Å². The van der Waals surface area contributed by atoms with E-state index >= 15 is 0 Å². The van der Waals surface area contributed by atoms with Crippen LogP contribution in [-0.4, -0.2) is 46.2 Å². The van der Waals surface area contributed by atoms with Crippen LogP contribution >= 0.6 is 0 Å². The van der Waals surface area contributed by atoms with Gasteiger partial charge in [-0.1, -0.05) is 30.3 Å². The Morgan fingerprint density at radius 3 is 2.44 bits per heavy atom. The number of ether oxygens (including phenoxy) is 1. The number of hydrogen-bond donors (Lipinski definition) is 2. The van der Waals surface area contributed by atoms with Crippen molar-refractivity contribution in [2.45, 2.75) is 51.3 Å². The minimum Gasteiger partial charge on any atom is -0.480 e. The van der Waals surface area contributed by atoms with Crippen molar-refractivity contribution in [1.82, 2.24) is 10.2 Å². The van der Waals surface area contributed by atoms with Crippen LogP contribution in [0.2, 0.25) is 0 Å². The van der Waals surface area contributed by atoms with Gasteiger partial charge in [-0.3, -0.25) is 4.79 Å². The summed E-state index contributed by atoms with van der Waals surface area (Å²) in [6, 6.07) is 6.89. The summed E-state index contributed by atoms with van der Waals surface area (Å²) >= 11 is 0. The van der Waals surface area contributed by atoms with Crippen LogP contribution in [0.25, 0.3) is 0 Å². The zero-order valence-corrected chi connectivity index (χ0v) is 14.7. The Bertz CT molecular complexity index is 639. The number of benzene rings is 1. The van der Waals surface area contributed by atoms with Crippen molar-refractivity contribution in [2.24, 2.45) is 0 Å². The van der Waals surface area contributed by atoms with Crippen LogP contribution < -0.4 is 5.32 Å². The van der Waals surface area contributed by atoms with Gasteiger partial charge >= 0.3 is 12.1 Å². The Kier molecular flexibility index (Phi) is 5.66. The lowest BCUT2D eigenvalue weighted by Gasteiger charge is -2.28. The zero-order chi connectivity index (χ0) is 18.6. The van der Waals surface area contributed by atoms with Gasteiger partial charge in [-0.25, -0.2) is 9.59 Å². The molecule has 0 saturated carbocycles. The molecule has 136 valence electrons. The van der Waals surface area contributed by atoms with Crippen molar-refractivity contribution in [3.05, 3.63) is 35.9 Å². The Morgan fingerprint density at radius 1 is 1.24 bits per heavy atom. The number of rotatable bonds is 4. The predicted octanol–water partition coefficient (Wildman–Crippen LogP) is 2.33. The Morgan fingerprint density at radius 2 is 1.88 bits per heavy atom. The highest BCUT2D eigenvalue weighted by Gasteiger charge is 2.38. The summed E-state index contributed by atoms with van der Waals surface area (Å²) in [5.74, 6) is -1.48. The molecule has 7 nitrogen and oxygen atoms in total. The molecule has 2 amide bonds. The molecule has 1 saturated heterocycles. The maximum absolute atomic E-state index is 13.0. The number of likely N-dealkylation sites (tertiary alicyclic amines) is 1. The molecule has 7 heteroatoms. The second-order valence-corrected chi connectivity index (χ2v) is 7.02. The van der Waals surface area contributed by atoms with Gasteiger partial charge in [-0.2, -0.15) is 0 Å². The monoisotopic (exact) mass is 348 g/mol. The van der Waals surface area contributed by atoms with Gasteiger partial charge in [0, 0.05) is 6.54 Å². The third kappa shape index (κ3) is 4.95. The van der Waals surface area contributed by atoms with E-state index in [1.165, 1.54) is 4.90 Å². The molecule has 1 fully saturated rings. The minimum atomic E-state index is -1.03. The second-order valence-electron chi connectivity index (χ2n) is 7.02. The molecule has 0 bridgehead atoms. The molecule has 0 spiro atoms. The lowest BCUT2D eigenvalue weighted by Crippen LogP contribution is -2.48. The predicted molar refractivity (Wildman–Crippen MR) is 90.9 cm³/mol. The summed E-state index contributed by atoms with van der Waals surface area (Å²) in [4.78, 5) is 37.8. The summed E-state index contributed by atoms with van der Waals surface area (Å²) in [6.07, 6.45) is 0.312. The molecule has 25 heavy (non-hydrogen) atoms. The lowest BCUT2D eigenvalue weighted by atomic mass is 10.1. The zero-order valence-electron chi connectivity index (χ0n) is 14.7. The maximum atomic E-state index is 13.0. The number of amides is 2. The number of nitrogens with zero attached hydrogens (tertiary/aromatic N) is 1. The van der Waals surface area contributed by atoms with Gasteiger partial charge in [0.25, 0.3) is 5.91 Å². The summed E-state index contributed by atoms with van der Waals surface area (Å²) in [5, 5.41) is 11.9. The van der Waals surface area contributed by atoms with E-state index in [-0.39, 0.29) is 0 Å². The number of carboxylic acid groups (broad SMARTS) is 1. The van der Waals surface area contributed by atoms with Crippen molar-refractivity contribution in [2.75, 3.05) is 6.54 Å². The number of nitrogens with one attached hydrogen (secondary N) is 1. The largest absolute Gasteiger partial charge is 0.480 e. The summed E-state index contributed by atoms with van der Waals surface area (Å²) < 4.78 is 5.24. The average molecular weight is 348 g/mol. The van der Waals surface area contributed by atoms with Crippen LogP contribution in [0.4, 0.5) is 4.79 Å². The van der Waals surface area contributed by atoms with Crippen LogP contribution in [0.15, 0.2) is 30.3 Å². The normalized spacial score (nSPS) is 18.5. The van der Waals surface area contributed by atoms with Gasteiger partial charge < -0.3 is 20.1 Å². The molecule has 1 aliphatic heterocycles. The Hall–Kier alpha value is -2.57. The molecule has 1 aromatic carbocycles. The first-order valence-corrected chi connectivity index (χ1v) is 8.27. The Balaban J connectivity index is 2.24. The van der Waals surface area contributed by atoms with Crippen molar-refractivity contribution in [3.8, 4) is 0 Å². The highest BCUT2D eigenvalue weighted by atomic mass is 16.6. The van der Waals surface area contributed by atoms with Gasteiger partial charge in [-0.15, -0.1) is 0 Å². The van der Waals surface area contributed by atoms with Gasteiger partial charge in [0.1, 0.15) is 17.7 Å². The van der Waals surface area contributed by atoms with Crippen LogP contribution in [0, 0.1) is 0 Å². The van der Waals surface area contributed by atoms with E-state index in [1.807, 2.05) is 0 Å². The molecule has 2 rings (SSSR count). The molecule has 2 N–H and O–H groups in total. The molecular weight excluding hydrogens is 324 g/mol. The number of aliphatic carboxylic acids is 1. The molecule has 1 aromatic rings. The number of alkyl carbamates (subject to hydrolysis) is 1. The minimum absolute atomic E-state index is 0.356. The molecule has 0 radical (unpaired) electrons. The molecular formula is C18H24N2O5. The fourth-order valence-corrected chi connectivity index (χ4v) is 2.81. The average Bonchev–Trinajstić information content (AvgIpc) is 3.01. The quantitative estimate of drug-likeness (QED) is 0.870. The standard InChI is InChI=1S/C18H24N2O5/c1-18(2,3)25-17(24)19-14(12-8-5-4-6-9-12)15(21)20-11-7-10-13(20)16(22)23/h4-6,8-9,13-14H,7,10-11H2,1-3H3,(H,19,24)(H,22,23)/t13-,14?/m0/s1. The molecule has 0 aliphatic carbocycles. The summed E-state index contributed by atoms with van der Waals surface area (Å²) in [7, 11) is 0. The van der Waals surface area contributed by atoms with Crippen LogP contribution in [0.1, 0.15) is 45.2 Å². The molecule has 0 aromatic heterocycles. The highest BCUT2D eigenvalue weighted by Crippen LogP contribution is 2.24. The maximum Gasteiger partial charge on any atom is 0.408 e. The molecule has 2 atom stereocenters. The molecule has 1 aliphatic rings. The molecule has 1 unspecified atom stereocenters. The van der Waals surface area contributed by atoms with Gasteiger partial charge in [0.05, 0.1) is 0 Å². The highest BCUT2D eigenvalue weighted by molar-refractivity contribution is 5.90. The van der Waals surface area contributed by atoms with E-state index in [9.17, 15) is 19.5 Å². The lowest BCUT2D eigenvalue weighted by molar-refractivity contribution is -0.149. The Labute approximate surface area is 147 Å². The third-order valence-corrected chi connectivity index (χ3v) is 3.86. The summed E-state index contributed by atoms with van der Waals surface area (Å²) in [6.45, 7) is 5.54. The van der Waals surface area contributed by atoms with Crippen molar-refractivity contribution in [3.63, 3.8) is 0 Å². The fraction of sp³-hybridized carbons (Fsp3) is 0.500. The first kappa shape index (κ1) is 18.8. The number of hydrogen-bond acceptors (Lipinski definition) is 4. The first-order valence-electron chi connectivity index (χ1n) is 8.27. The van der Waals surface area contributed by atoms with Crippen molar-refractivity contribution in [1.29, 1.82) is 0 Å². The van der Waals surface area contributed by atoms with Crippen molar-refractivity contribution >= 4 is 18.0 Å². The number of carbonyl (C=O) groups is 3. The second kappa shape index (κ2) is 7.55. The van der Waals surface area contributed by atoms with E-state index in [4.69, 9.17) is 4.74 Å². The van der Waals surface area contributed by atoms with E-state index in [0.29, 0.717) is 24.9 Å². The fourth-order valence-electron chi connectivity index (χ4n) is 2.81. The third-order valence-electron chi connectivity index (χ3n) is 3.86. The van der Waals surface area contributed by atoms with Crippen LogP contribution in [-0.2, 0) is 14.3 Å². The summed E-state index contributed by atoms with van der Waals surface area (Å²) in [5.41, 5.74) is -0.125. The van der Waals surface area contributed by atoms with Crippen LogP contribution in [0.3, 0.4) is 0 Å². The van der Waals surface area contributed by atoms with Gasteiger partial charge in [0.2, 0.25) is 0 Å². The van der Waals surface area contributed by atoms with Gasteiger partial charge in [-0.05, 0) is 39.2 Å². The van der Waals surface area contributed by atoms with E-state index in [0.717, 1.165) is 0 Å². The van der Waals surface area contributed by atoms with Crippen LogP contribution in [0.5, 0.6) is 0 Å². The van der Waals surface area contributed by atoms with Gasteiger partial charge in [0.15, 0.2) is 0 Å². The SMILES string of the molecule is CC(C)(C)OC(=O)NC(C(=O)N1CCC[C@H]1C(=O)O)c1ccccc1. The van der Waals surface area contributed by atoms with E-state index in [1.54, 1.807) is 51.1 Å². The number of carbonyl (C=O) groups excluding carboxylic acids is 2. The number of carboxylic acids is 1. The van der Waals surface area contributed by atoms with Crippen molar-refractivity contribution < 1.29 is 24.2 Å². The smallest absolute Gasteiger partial charge is 0.408 e. The molecule has 1 heterocycles. The first-order chi connectivity index (χ1) is 11.7.